The number of hydrogen-bond donors (Lipinski definition) is 0. The summed E-state index contributed by atoms with van der Waals surface area (Å²) in [4.78, 5) is 7.25. The maximum Gasteiger partial charge on any atom is 0.137 e. The van der Waals surface area contributed by atoms with Gasteiger partial charge >= 0.3 is 0 Å². The molecule has 0 aliphatic heterocycles. The Hall–Kier alpha value is -5.97. The van der Waals surface area contributed by atoms with Crippen LogP contribution >= 0.6 is 11.3 Å². The van der Waals surface area contributed by atoms with Gasteiger partial charge in [-0.2, -0.15) is 0 Å². The van der Waals surface area contributed by atoms with Gasteiger partial charge in [-0.1, -0.05) is 115 Å². The van der Waals surface area contributed by atoms with Crippen molar-refractivity contribution in [3.8, 4) is 32.8 Å². The average molecular weight is 621 g/mol. The molecule has 47 heavy (non-hydrogen) atoms. The molecule has 0 unspecified atom stereocenters. The molecule has 0 radical (unpaired) electrons. The molecule has 9 aromatic rings. The Morgan fingerprint density at radius 1 is 0.468 bits per heavy atom. The fraction of sp³-hybridized carbons (Fsp3) is 0. The lowest BCUT2D eigenvalue weighted by atomic mass is 9.94. The van der Waals surface area contributed by atoms with Crippen molar-refractivity contribution in [2.45, 2.75) is 0 Å². The molecule has 0 fully saturated rings. The van der Waals surface area contributed by atoms with Crippen LogP contribution in [-0.4, -0.2) is 4.98 Å². The van der Waals surface area contributed by atoms with Gasteiger partial charge in [0.2, 0.25) is 0 Å². The van der Waals surface area contributed by atoms with Crippen molar-refractivity contribution in [1.29, 1.82) is 0 Å². The minimum atomic E-state index is 0.856. The van der Waals surface area contributed by atoms with Crippen molar-refractivity contribution in [3.63, 3.8) is 0 Å². The normalized spacial score (nSPS) is 11.4. The van der Waals surface area contributed by atoms with Crippen LogP contribution in [0.1, 0.15) is 0 Å². The van der Waals surface area contributed by atoms with Gasteiger partial charge in [0, 0.05) is 39.5 Å². The number of hydrogen-bond acceptors (Lipinski definition) is 4. The van der Waals surface area contributed by atoms with Crippen LogP contribution in [0.4, 0.5) is 17.1 Å². The predicted octanol–water partition coefficient (Wildman–Crippen LogP) is 12.7. The van der Waals surface area contributed by atoms with Crippen LogP contribution in [0.15, 0.2) is 174 Å². The number of fused-ring (bicyclic) bond motifs is 5. The van der Waals surface area contributed by atoms with Gasteiger partial charge in [0.05, 0.1) is 10.2 Å². The summed E-state index contributed by atoms with van der Waals surface area (Å²) in [6.07, 6.45) is 0. The van der Waals surface area contributed by atoms with E-state index >= 15 is 0 Å². The molecule has 4 heteroatoms. The van der Waals surface area contributed by atoms with Gasteiger partial charge in [-0.3, -0.25) is 0 Å². The molecule has 2 aromatic heterocycles. The summed E-state index contributed by atoms with van der Waals surface area (Å²) in [6.45, 7) is 0. The number of para-hydroxylation sites is 1. The minimum Gasteiger partial charge on any atom is -0.456 e. The summed E-state index contributed by atoms with van der Waals surface area (Å²) >= 11 is 1.72. The van der Waals surface area contributed by atoms with E-state index in [4.69, 9.17) is 9.40 Å². The predicted molar refractivity (Wildman–Crippen MR) is 198 cm³/mol. The first kappa shape index (κ1) is 27.3. The second-order valence-corrected chi connectivity index (χ2v) is 12.6. The Bertz CT molecular complexity index is 2500. The molecule has 2 heterocycles. The molecule has 0 aliphatic rings. The third kappa shape index (κ3) is 4.87. The van der Waals surface area contributed by atoms with Crippen LogP contribution in [0.5, 0.6) is 0 Å². The van der Waals surface area contributed by atoms with Gasteiger partial charge in [0.15, 0.2) is 0 Å². The van der Waals surface area contributed by atoms with Crippen molar-refractivity contribution < 1.29 is 4.42 Å². The Morgan fingerprint density at radius 2 is 1.04 bits per heavy atom. The zero-order valence-corrected chi connectivity index (χ0v) is 26.2. The van der Waals surface area contributed by atoms with E-state index in [0.717, 1.165) is 59.8 Å². The topological polar surface area (TPSA) is 29.3 Å². The largest absolute Gasteiger partial charge is 0.456 e. The highest BCUT2D eigenvalue weighted by Gasteiger charge is 2.18. The molecule has 9 rings (SSSR count). The first-order valence-electron chi connectivity index (χ1n) is 15.7. The number of anilines is 3. The fourth-order valence-corrected chi connectivity index (χ4v) is 7.62. The quantitative estimate of drug-likeness (QED) is 0.185. The highest BCUT2D eigenvalue weighted by Crippen LogP contribution is 2.43. The molecule has 222 valence electrons. The molecule has 0 saturated heterocycles. The van der Waals surface area contributed by atoms with Gasteiger partial charge in [0.1, 0.15) is 16.2 Å². The molecule has 0 saturated carbocycles. The second kappa shape index (κ2) is 11.4. The molecule has 3 nitrogen and oxygen atoms in total. The lowest BCUT2D eigenvalue weighted by molar-refractivity contribution is 0.669. The van der Waals surface area contributed by atoms with Crippen LogP contribution in [0.25, 0.3) is 65.0 Å². The molecule has 0 spiro atoms. The number of aromatic nitrogens is 1. The van der Waals surface area contributed by atoms with Crippen LogP contribution in [0.3, 0.4) is 0 Å². The molecular formula is C43H28N2OS. The van der Waals surface area contributed by atoms with E-state index in [1.807, 2.05) is 12.1 Å². The van der Waals surface area contributed by atoms with Crippen molar-refractivity contribution >= 4 is 60.6 Å². The van der Waals surface area contributed by atoms with Crippen molar-refractivity contribution in [2.75, 3.05) is 4.90 Å². The zero-order chi connectivity index (χ0) is 31.2. The molecule has 0 bridgehead atoms. The highest BCUT2D eigenvalue weighted by molar-refractivity contribution is 7.22. The van der Waals surface area contributed by atoms with Crippen molar-refractivity contribution in [2.24, 2.45) is 0 Å². The number of furan rings is 1. The van der Waals surface area contributed by atoms with Gasteiger partial charge in [-0.25, -0.2) is 4.98 Å². The van der Waals surface area contributed by atoms with E-state index in [2.05, 4.69) is 163 Å². The first-order valence-corrected chi connectivity index (χ1v) is 16.5. The van der Waals surface area contributed by atoms with Gasteiger partial charge < -0.3 is 9.32 Å². The van der Waals surface area contributed by atoms with Crippen LogP contribution in [-0.2, 0) is 0 Å². The third-order valence-corrected chi connectivity index (χ3v) is 9.85. The molecule has 0 atom stereocenters. The zero-order valence-electron chi connectivity index (χ0n) is 25.4. The van der Waals surface area contributed by atoms with Gasteiger partial charge in [0.25, 0.3) is 0 Å². The van der Waals surface area contributed by atoms with Gasteiger partial charge in [-0.05, 0) is 70.8 Å². The summed E-state index contributed by atoms with van der Waals surface area (Å²) in [6, 6.07) is 59.6. The molecule has 0 aliphatic carbocycles. The standard InChI is InChI=1S/C43H28N2OS/c1-4-12-29(13-5-1)35-18-10-11-19-36(35)30-20-22-33(23-21-30)45(32-16-8-3-9-17-32)34-24-25-37-40(28-34)46-39-27-26-38-42(41(37)39)47-43(44-38)31-14-6-2-7-15-31/h1-28H. The van der Waals surface area contributed by atoms with E-state index in [9.17, 15) is 0 Å². The van der Waals surface area contributed by atoms with Crippen molar-refractivity contribution in [1.82, 2.24) is 4.98 Å². The number of thiazole rings is 1. The second-order valence-electron chi connectivity index (χ2n) is 11.6. The monoisotopic (exact) mass is 620 g/mol. The molecule has 0 N–H and O–H groups in total. The fourth-order valence-electron chi connectivity index (χ4n) is 6.50. The summed E-state index contributed by atoms with van der Waals surface area (Å²) in [5.74, 6) is 0. The SMILES string of the molecule is c1ccc(-c2nc3ccc4oc5cc(N(c6ccccc6)c6ccc(-c7ccccc7-c7ccccc7)cc6)ccc5c4c3s2)cc1. The maximum absolute atomic E-state index is 6.52. The molecule has 0 amide bonds. The summed E-state index contributed by atoms with van der Waals surface area (Å²) in [7, 11) is 0. The summed E-state index contributed by atoms with van der Waals surface area (Å²) in [5, 5.41) is 3.24. The Labute approximate surface area is 276 Å². The number of benzene rings is 7. The number of nitrogens with zero attached hydrogens (tertiary/aromatic N) is 2. The van der Waals surface area contributed by atoms with Crippen molar-refractivity contribution in [3.05, 3.63) is 170 Å². The van der Waals surface area contributed by atoms with Gasteiger partial charge in [-0.15, -0.1) is 11.3 Å². The Kier molecular flexibility index (Phi) is 6.65. The average Bonchev–Trinajstić information content (AvgIpc) is 3.75. The van der Waals surface area contributed by atoms with E-state index in [-0.39, 0.29) is 0 Å². The third-order valence-electron chi connectivity index (χ3n) is 8.72. The van der Waals surface area contributed by atoms with Crippen LogP contribution < -0.4 is 4.90 Å². The first-order chi connectivity index (χ1) is 23.3. The van der Waals surface area contributed by atoms with E-state index in [1.54, 1.807) is 11.3 Å². The smallest absolute Gasteiger partial charge is 0.137 e. The Morgan fingerprint density at radius 3 is 1.74 bits per heavy atom. The Balaban J connectivity index is 1.14. The van der Waals surface area contributed by atoms with E-state index in [1.165, 1.54) is 22.3 Å². The van der Waals surface area contributed by atoms with Crippen LogP contribution in [0, 0.1) is 0 Å². The maximum atomic E-state index is 6.52. The molecule has 7 aromatic carbocycles. The molecular weight excluding hydrogens is 593 g/mol. The van der Waals surface area contributed by atoms with Crippen LogP contribution in [0.2, 0.25) is 0 Å². The van der Waals surface area contributed by atoms with E-state index < -0.39 is 0 Å². The highest BCUT2D eigenvalue weighted by atomic mass is 32.1. The number of rotatable bonds is 6. The minimum absolute atomic E-state index is 0.856. The lowest BCUT2D eigenvalue weighted by Crippen LogP contribution is -2.09. The lowest BCUT2D eigenvalue weighted by Gasteiger charge is -2.25. The summed E-state index contributed by atoms with van der Waals surface area (Å²) in [5.41, 5.74) is 11.9. The van der Waals surface area contributed by atoms with E-state index in [0.29, 0.717) is 0 Å². The summed E-state index contributed by atoms with van der Waals surface area (Å²) < 4.78 is 7.67.